The lowest BCUT2D eigenvalue weighted by Crippen LogP contribution is -2.35. The summed E-state index contributed by atoms with van der Waals surface area (Å²) in [7, 11) is 3.77. The smallest absolute Gasteiger partial charge is 0.295 e. The Labute approximate surface area is 163 Å². The molecule has 0 aliphatic carbocycles. The number of carbonyl (C=O) groups excluding carboxylic acids is 2. The number of Topliss-reactive ketones (excluding diaryl/α,β-unsaturated/α-hetero) is 1. The number of hydrogen-bond donors (Lipinski definition) is 1. The van der Waals surface area contributed by atoms with Crippen LogP contribution in [0.15, 0.2) is 52.7 Å². The van der Waals surface area contributed by atoms with Crippen LogP contribution in [0.3, 0.4) is 0 Å². The fourth-order valence-electron chi connectivity index (χ4n) is 3.22. The number of carbonyl (C=O) groups is 2. The molecule has 1 fully saturated rings. The van der Waals surface area contributed by atoms with Crippen LogP contribution < -0.4 is 4.74 Å². The molecule has 2 aromatic rings. The minimum Gasteiger partial charge on any atom is -0.507 e. The average molecular weight is 384 g/mol. The third-order valence-corrected chi connectivity index (χ3v) is 4.56. The second-order valence-corrected chi connectivity index (χ2v) is 6.77. The molecule has 3 rings (SSSR count). The number of benzene rings is 1. The number of ketones is 1. The summed E-state index contributed by atoms with van der Waals surface area (Å²) in [6, 6.07) is 9.42. The van der Waals surface area contributed by atoms with E-state index in [1.807, 2.05) is 25.9 Å². The van der Waals surface area contributed by atoms with E-state index in [9.17, 15) is 14.7 Å². The molecule has 1 saturated heterocycles. The van der Waals surface area contributed by atoms with Crippen molar-refractivity contribution in [2.24, 2.45) is 0 Å². The molecular formula is C21H24N2O5. The lowest BCUT2D eigenvalue weighted by Gasteiger charge is -2.24. The van der Waals surface area contributed by atoms with Gasteiger partial charge < -0.3 is 24.1 Å². The minimum atomic E-state index is -0.773. The summed E-state index contributed by atoms with van der Waals surface area (Å²) in [4.78, 5) is 28.8. The molecule has 1 aromatic carbocycles. The summed E-state index contributed by atoms with van der Waals surface area (Å²) >= 11 is 0. The van der Waals surface area contributed by atoms with E-state index in [-0.39, 0.29) is 11.3 Å². The van der Waals surface area contributed by atoms with Gasteiger partial charge in [-0.1, -0.05) is 12.1 Å². The van der Waals surface area contributed by atoms with Gasteiger partial charge >= 0.3 is 0 Å². The van der Waals surface area contributed by atoms with Gasteiger partial charge in [0.15, 0.2) is 0 Å². The first-order valence-electron chi connectivity index (χ1n) is 9.13. The number of amides is 1. The van der Waals surface area contributed by atoms with Crippen LogP contribution in [0.2, 0.25) is 0 Å². The molecule has 7 nitrogen and oxygen atoms in total. The van der Waals surface area contributed by atoms with Gasteiger partial charge in [0.25, 0.3) is 11.7 Å². The first kappa shape index (κ1) is 19.7. The van der Waals surface area contributed by atoms with E-state index in [2.05, 4.69) is 0 Å². The van der Waals surface area contributed by atoms with Crippen LogP contribution in [0.25, 0.3) is 5.76 Å². The number of rotatable bonds is 7. The average Bonchev–Trinajstić information content (AvgIpc) is 3.28. The molecule has 1 aliphatic heterocycles. The van der Waals surface area contributed by atoms with E-state index in [0.717, 1.165) is 0 Å². The predicted octanol–water partition coefficient (Wildman–Crippen LogP) is 2.66. The van der Waals surface area contributed by atoms with E-state index < -0.39 is 17.7 Å². The normalized spacial score (nSPS) is 18.9. The number of aliphatic hydroxyl groups is 1. The maximum Gasteiger partial charge on any atom is 0.295 e. The molecule has 7 heteroatoms. The summed E-state index contributed by atoms with van der Waals surface area (Å²) < 4.78 is 11.0. The van der Waals surface area contributed by atoms with Gasteiger partial charge in [-0.05, 0) is 45.3 Å². The fourth-order valence-corrected chi connectivity index (χ4v) is 3.22. The highest BCUT2D eigenvalue weighted by atomic mass is 16.5. The molecular weight excluding hydrogens is 360 g/mol. The molecule has 148 valence electrons. The van der Waals surface area contributed by atoms with Crippen LogP contribution in [0, 0.1) is 0 Å². The zero-order chi connectivity index (χ0) is 20.3. The molecule has 1 aliphatic rings. The lowest BCUT2D eigenvalue weighted by molar-refractivity contribution is -0.140. The highest BCUT2D eigenvalue weighted by molar-refractivity contribution is 6.46. The second-order valence-electron chi connectivity index (χ2n) is 6.77. The molecule has 1 unspecified atom stereocenters. The SMILES string of the molecule is CCOc1cccc(/C(O)=C2\C(=O)C(=O)N(CCN(C)C)C2c2ccco2)c1. The van der Waals surface area contributed by atoms with Gasteiger partial charge in [0.1, 0.15) is 23.3 Å². The van der Waals surface area contributed by atoms with Crippen LogP contribution in [0.5, 0.6) is 5.75 Å². The van der Waals surface area contributed by atoms with E-state index in [4.69, 9.17) is 9.15 Å². The fraction of sp³-hybridized carbons (Fsp3) is 0.333. The Kier molecular flexibility index (Phi) is 5.84. The number of nitrogens with zero attached hydrogens (tertiary/aromatic N) is 2. The molecule has 0 bridgehead atoms. The summed E-state index contributed by atoms with van der Waals surface area (Å²) in [5.41, 5.74) is 0.431. The maximum atomic E-state index is 12.8. The summed E-state index contributed by atoms with van der Waals surface area (Å²) in [5, 5.41) is 10.9. The van der Waals surface area contributed by atoms with Gasteiger partial charge in [0, 0.05) is 18.7 Å². The Morgan fingerprint density at radius 2 is 2.04 bits per heavy atom. The Balaban J connectivity index is 2.08. The van der Waals surface area contributed by atoms with Crippen molar-refractivity contribution in [3.05, 3.63) is 59.6 Å². The number of ether oxygens (including phenoxy) is 1. The molecule has 1 aromatic heterocycles. The monoisotopic (exact) mass is 384 g/mol. The van der Waals surface area contributed by atoms with Gasteiger partial charge in [-0.25, -0.2) is 0 Å². The third-order valence-electron chi connectivity index (χ3n) is 4.56. The number of furan rings is 1. The highest BCUT2D eigenvalue weighted by Crippen LogP contribution is 2.39. The molecule has 1 amide bonds. The van der Waals surface area contributed by atoms with Gasteiger partial charge in [0.2, 0.25) is 0 Å². The van der Waals surface area contributed by atoms with Crippen molar-refractivity contribution in [3.8, 4) is 5.75 Å². The van der Waals surface area contributed by atoms with Crippen molar-refractivity contribution in [1.82, 2.24) is 9.80 Å². The topological polar surface area (TPSA) is 83.2 Å². The molecule has 0 radical (unpaired) electrons. The lowest BCUT2D eigenvalue weighted by atomic mass is 9.99. The molecule has 2 heterocycles. The van der Waals surface area contributed by atoms with Crippen molar-refractivity contribution in [2.45, 2.75) is 13.0 Å². The Morgan fingerprint density at radius 1 is 1.25 bits per heavy atom. The minimum absolute atomic E-state index is 0.0207. The van der Waals surface area contributed by atoms with Crippen LogP contribution in [-0.4, -0.2) is 60.4 Å². The number of likely N-dealkylation sites (N-methyl/N-ethyl adjacent to an activating group) is 1. The van der Waals surface area contributed by atoms with Gasteiger partial charge in [0.05, 0.1) is 18.4 Å². The van der Waals surface area contributed by atoms with E-state index >= 15 is 0 Å². The first-order valence-corrected chi connectivity index (χ1v) is 9.13. The van der Waals surface area contributed by atoms with Crippen molar-refractivity contribution in [1.29, 1.82) is 0 Å². The van der Waals surface area contributed by atoms with Crippen LogP contribution >= 0.6 is 0 Å². The first-order chi connectivity index (χ1) is 13.4. The largest absolute Gasteiger partial charge is 0.507 e. The summed E-state index contributed by atoms with van der Waals surface area (Å²) in [5.74, 6) is -0.609. The van der Waals surface area contributed by atoms with Crippen LogP contribution in [0.4, 0.5) is 0 Å². The standard InChI is InChI=1S/C21H24N2O5/c1-4-27-15-8-5-7-14(13-15)19(24)17-18(16-9-6-12-28-16)23(11-10-22(2)3)21(26)20(17)25/h5-9,12-13,18,24H,4,10-11H2,1-3H3/b19-17+. The number of hydrogen-bond acceptors (Lipinski definition) is 6. The molecule has 1 atom stereocenters. The van der Waals surface area contributed by atoms with Gasteiger partial charge in [-0.3, -0.25) is 9.59 Å². The predicted molar refractivity (Wildman–Crippen MR) is 104 cm³/mol. The van der Waals surface area contributed by atoms with Crippen molar-refractivity contribution < 1.29 is 23.8 Å². The molecule has 28 heavy (non-hydrogen) atoms. The number of aliphatic hydroxyl groups excluding tert-OH is 1. The van der Waals surface area contributed by atoms with Crippen molar-refractivity contribution in [2.75, 3.05) is 33.8 Å². The third kappa shape index (κ3) is 3.80. The zero-order valence-electron chi connectivity index (χ0n) is 16.2. The maximum absolute atomic E-state index is 12.8. The number of likely N-dealkylation sites (tertiary alicyclic amines) is 1. The molecule has 0 spiro atoms. The Hall–Kier alpha value is -3.06. The molecule has 0 saturated carbocycles. The van der Waals surface area contributed by atoms with Crippen LogP contribution in [-0.2, 0) is 9.59 Å². The second kappa shape index (κ2) is 8.31. The van der Waals surface area contributed by atoms with E-state index in [1.165, 1.54) is 11.2 Å². The van der Waals surface area contributed by atoms with Gasteiger partial charge in [-0.2, -0.15) is 0 Å². The summed E-state index contributed by atoms with van der Waals surface area (Å²) in [6.45, 7) is 3.24. The van der Waals surface area contributed by atoms with E-state index in [1.54, 1.807) is 36.4 Å². The zero-order valence-corrected chi connectivity index (χ0v) is 16.2. The quantitative estimate of drug-likeness (QED) is 0.449. The van der Waals surface area contributed by atoms with Gasteiger partial charge in [-0.15, -0.1) is 0 Å². The van der Waals surface area contributed by atoms with Crippen LogP contribution in [0.1, 0.15) is 24.3 Å². The van der Waals surface area contributed by atoms with Crippen molar-refractivity contribution >= 4 is 17.4 Å². The Bertz CT molecular complexity index is 886. The highest BCUT2D eigenvalue weighted by Gasteiger charge is 2.47. The summed E-state index contributed by atoms with van der Waals surface area (Å²) in [6.07, 6.45) is 1.48. The molecule has 1 N–H and O–H groups in total. The Morgan fingerprint density at radius 3 is 2.68 bits per heavy atom. The van der Waals surface area contributed by atoms with E-state index in [0.29, 0.717) is 36.8 Å². The van der Waals surface area contributed by atoms with Crippen molar-refractivity contribution in [3.63, 3.8) is 0 Å².